The molecule has 6 heteroatoms. The average molecular weight is 308 g/mol. The summed E-state index contributed by atoms with van der Waals surface area (Å²) < 4.78 is 27.0. The molecule has 5 nitrogen and oxygen atoms in total. The van der Waals surface area contributed by atoms with Gasteiger partial charge in [-0.15, -0.1) is 0 Å². The van der Waals surface area contributed by atoms with Crippen LogP contribution in [0.5, 0.6) is 0 Å². The van der Waals surface area contributed by atoms with Gasteiger partial charge in [-0.05, 0) is 37.1 Å². The highest BCUT2D eigenvalue weighted by atomic mass is 32.2. The molecule has 1 heterocycles. The largest absolute Gasteiger partial charge is 0.321 e. The van der Waals surface area contributed by atoms with Gasteiger partial charge in [-0.2, -0.15) is 4.31 Å². The second kappa shape index (κ2) is 5.61. The predicted molar refractivity (Wildman–Crippen MR) is 84.1 cm³/mol. The second-order valence-electron chi connectivity index (χ2n) is 5.09. The molecule has 0 atom stereocenters. The maximum absolute atomic E-state index is 12.8. The Morgan fingerprint density at radius 2 is 1.71 bits per heavy atom. The Hall–Kier alpha value is -1.66. The van der Waals surface area contributed by atoms with Gasteiger partial charge in [-0.1, -0.05) is 13.8 Å². The first kappa shape index (κ1) is 15.7. The third-order valence-electron chi connectivity index (χ3n) is 3.59. The Bertz CT molecular complexity index is 834. The molecule has 0 radical (unpaired) electrons. The van der Waals surface area contributed by atoms with Crippen molar-refractivity contribution in [3.63, 3.8) is 0 Å². The van der Waals surface area contributed by atoms with E-state index in [1.165, 1.54) is 10.4 Å². The molecule has 114 valence electrons. The van der Waals surface area contributed by atoms with Crippen LogP contribution < -0.4 is 5.56 Å². The van der Waals surface area contributed by atoms with Crippen LogP contribution in [0.3, 0.4) is 0 Å². The molecule has 0 fully saturated rings. The molecular formula is C15H20N2O3S. The van der Waals surface area contributed by atoms with Crippen LogP contribution in [0.15, 0.2) is 27.9 Å². The number of hydrogen-bond donors (Lipinski definition) is 1. The van der Waals surface area contributed by atoms with Crippen LogP contribution in [0.4, 0.5) is 0 Å². The number of hydrogen-bond acceptors (Lipinski definition) is 3. The zero-order chi connectivity index (χ0) is 15.8. The van der Waals surface area contributed by atoms with Crippen molar-refractivity contribution in [1.82, 2.24) is 9.29 Å². The van der Waals surface area contributed by atoms with E-state index < -0.39 is 10.0 Å². The van der Waals surface area contributed by atoms with Crippen molar-refractivity contribution in [1.29, 1.82) is 0 Å². The van der Waals surface area contributed by atoms with E-state index in [9.17, 15) is 13.2 Å². The molecule has 2 rings (SSSR count). The van der Waals surface area contributed by atoms with Gasteiger partial charge in [0.2, 0.25) is 15.6 Å². The highest BCUT2D eigenvalue weighted by Gasteiger charge is 2.25. The summed E-state index contributed by atoms with van der Waals surface area (Å²) in [5.74, 6) is 0. The molecule has 0 spiro atoms. The number of rotatable bonds is 4. The van der Waals surface area contributed by atoms with Crippen LogP contribution in [0.2, 0.25) is 0 Å². The summed E-state index contributed by atoms with van der Waals surface area (Å²) in [5, 5.41) is 0.764. The van der Waals surface area contributed by atoms with Crippen molar-refractivity contribution >= 4 is 20.9 Å². The molecule has 1 aromatic carbocycles. The number of aryl methyl sites for hydroxylation is 2. The second-order valence-corrected chi connectivity index (χ2v) is 7.00. The van der Waals surface area contributed by atoms with E-state index in [-0.39, 0.29) is 10.5 Å². The lowest BCUT2D eigenvalue weighted by Gasteiger charge is -2.20. The first-order valence-electron chi connectivity index (χ1n) is 6.95. The molecule has 0 aliphatic rings. The Kier molecular flexibility index (Phi) is 4.20. The summed E-state index contributed by atoms with van der Waals surface area (Å²) in [6.45, 7) is 8.05. The number of nitrogens with one attached hydrogen (secondary N) is 1. The summed E-state index contributed by atoms with van der Waals surface area (Å²) >= 11 is 0. The smallest absolute Gasteiger partial charge is 0.248 e. The molecule has 0 unspecified atom stereocenters. The van der Waals surface area contributed by atoms with Crippen LogP contribution in [0.1, 0.15) is 25.0 Å². The summed E-state index contributed by atoms with van der Waals surface area (Å²) in [6, 6.07) is 4.99. The van der Waals surface area contributed by atoms with E-state index >= 15 is 0 Å². The third-order valence-corrected chi connectivity index (χ3v) is 5.66. The Morgan fingerprint density at radius 1 is 1.10 bits per heavy atom. The van der Waals surface area contributed by atoms with Crippen molar-refractivity contribution < 1.29 is 8.42 Å². The lowest BCUT2D eigenvalue weighted by atomic mass is 10.1. The highest BCUT2D eigenvalue weighted by Crippen LogP contribution is 2.26. The van der Waals surface area contributed by atoms with Gasteiger partial charge in [0.1, 0.15) is 4.90 Å². The fourth-order valence-electron chi connectivity index (χ4n) is 2.53. The van der Waals surface area contributed by atoms with Crippen molar-refractivity contribution in [3.05, 3.63) is 39.7 Å². The fraction of sp³-hybridized carbons (Fsp3) is 0.400. The van der Waals surface area contributed by atoms with Crippen molar-refractivity contribution in [2.24, 2.45) is 0 Å². The van der Waals surface area contributed by atoms with Crippen LogP contribution in [-0.2, 0) is 10.0 Å². The number of sulfonamides is 1. The number of pyridine rings is 1. The lowest BCUT2D eigenvalue weighted by Crippen LogP contribution is -2.31. The SMILES string of the molecule is CCN(CC)S(=O)(=O)c1cc(C)cc2c(C)cc(=O)[nH]c12. The van der Waals surface area contributed by atoms with E-state index in [4.69, 9.17) is 0 Å². The molecular weight excluding hydrogens is 288 g/mol. The van der Waals surface area contributed by atoms with Gasteiger partial charge in [0.25, 0.3) is 0 Å². The van der Waals surface area contributed by atoms with Crippen molar-refractivity contribution in [2.45, 2.75) is 32.6 Å². The van der Waals surface area contributed by atoms with Crippen LogP contribution in [0.25, 0.3) is 10.9 Å². The topological polar surface area (TPSA) is 70.2 Å². The van der Waals surface area contributed by atoms with Crippen molar-refractivity contribution in [3.8, 4) is 0 Å². The van der Waals surface area contributed by atoms with Gasteiger partial charge < -0.3 is 4.98 Å². The Labute approximate surface area is 124 Å². The van der Waals surface area contributed by atoms with E-state index in [2.05, 4.69) is 4.98 Å². The minimum Gasteiger partial charge on any atom is -0.321 e. The number of nitrogens with zero attached hydrogens (tertiary/aromatic N) is 1. The number of benzene rings is 1. The zero-order valence-corrected chi connectivity index (χ0v) is 13.5. The quantitative estimate of drug-likeness (QED) is 0.941. The normalized spacial score (nSPS) is 12.2. The van der Waals surface area contributed by atoms with Gasteiger partial charge in [0, 0.05) is 24.5 Å². The standard InChI is InChI=1S/C15H20N2O3S/c1-5-17(6-2)21(19,20)13-8-10(3)7-12-11(4)9-14(18)16-15(12)13/h7-9H,5-6H2,1-4H3,(H,16,18). The van der Waals surface area contributed by atoms with Crippen molar-refractivity contribution in [2.75, 3.05) is 13.1 Å². The molecule has 0 saturated heterocycles. The maximum Gasteiger partial charge on any atom is 0.248 e. The van der Waals surface area contributed by atoms with E-state index in [1.54, 1.807) is 19.9 Å². The number of fused-ring (bicyclic) bond motifs is 1. The molecule has 1 aromatic heterocycles. The molecule has 2 aromatic rings. The first-order valence-corrected chi connectivity index (χ1v) is 8.39. The van der Waals surface area contributed by atoms with E-state index in [1.807, 2.05) is 19.9 Å². The zero-order valence-electron chi connectivity index (χ0n) is 12.7. The van der Waals surface area contributed by atoms with Gasteiger partial charge in [-0.25, -0.2) is 8.42 Å². The van der Waals surface area contributed by atoms with Crippen LogP contribution in [-0.4, -0.2) is 30.8 Å². The summed E-state index contributed by atoms with van der Waals surface area (Å²) in [4.78, 5) is 14.6. The summed E-state index contributed by atoms with van der Waals surface area (Å²) in [6.07, 6.45) is 0. The molecule has 0 amide bonds. The van der Waals surface area contributed by atoms with Gasteiger partial charge in [0.05, 0.1) is 5.52 Å². The lowest BCUT2D eigenvalue weighted by molar-refractivity contribution is 0.445. The predicted octanol–water partition coefficient (Wildman–Crippen LogP) is 2.18. The maximum atomic E-state index is 12.8. The molecule has 1 N–H and O–H groups in total. The summed E-state index contributed by atoms with van der Waals surface area (Å²) in [7, 11) is -3.62. The van der Waals surface area contributed by atoms with Gasteiger partial charge >= 0.3 is 0 Å². The van der Waals surface area contributed by atoms with Gasteiger partial charge in [0.15, 0.2) is 0 Å². The van der Waals surface area contributed by atoms with Gasteiger partial charge in [-0.3, -0.25) is 4.79 Å². The minimum absolute atomic E-state index is 0.169. The number of aromatic amines is 1. The first-order chi connectivity index (χ1) is 9.81. The van der Waals surface area contributed by atoms with E-state index in [0.29, 0.717) is 18.6 Å². The molecule has 0 aliphatic carbocycles. The summed E-state index contributed by atoms with van der Waals surface area (Å²) in [5.41, 5.74) is 1.72. The Morgan fingerprint density at radius 3 is 2.29 bits per heavy atom. The molecule has 0 saturated carbocycles. The highest BCUT2D eigenvalue weighted by molar-refractivity contribution is 7.89. The monoisotopic (exact) mass is 308 g/mol. The third kappa shape index (κ3) is 2.73. The number of H-pyrrole nitrogens is 1. The fourth-order valence-corrected chi connectivity index (χ4v) is 4.24. The molecule has 0 bridgehead atoms. The molecule has 0 aliphatic heterocycles. The molecule has 21 heavy (non-hydrogen) atoms. The Balaban J connectivity index is 2.90. The minimum atomic E-state index is -3.62. The van der Waals surface area contributed by atoms with Crippen LogP contribution >= 0.6 is 0 Å². The number of aromatic nitrogens is 1. The van der Waals surface area contributed by atoms with E-state index in [0.717, 1.165) is 16.5 Å². The van der Waals surface area contributed by atoms with Crippen LogP contribution in [0, 0.1) is 13.8 Å². The average Bonchev–Trinajstić information content (AvgIpc) is 2.40.